The van der Waals surface area contributed by atoms with Crippen molar-refractivity contribution in [1.29, 1.82) is 0 Å². The number of methoxy groups -OCH3 is 1. The molecular formula is C25H19F2NO4. The molecule has 1 aliphatic rings. The van der Waals surface area contributed by atoms with E-state index < -0.39 is 35.1 Å². The molecule has 4 rings (SSSR count). The normalized spacial score (nSPS) is 17.6. The molecule has 162 valence electrons. The lowest BCUT2D eigenvalue weighted by Crippen LogP contribution is -2.29. The zero-order valence-corrected chi connectivity index (χ0v) is 17.3. The molecule has 0 saturated carbocycles. The summed E-state index contributed by atoms with van der Waals surface area (Å²) in [5, 5.41) is 11.2. The average molecular weight is 435 g/mol. The molecule has 0 spiro atoms. The number of ketones is 1. The number of aliphatic hydroxyl groups is 1. The summed E-state index contributed by atoms with van der Waals surface area (Å²) in [6.07, 6.45) is 0. The van der Waals surface area contributed by atoms with Crippen LogP contribution in [-0.4, -0.2) is 23.9 Å². The summed E-state index contributed by atoms with van der Waals surface area (Å²) in [5.74, 6) is -3.33. The summed E-state index contributed by atoms with van der Waals surface area (Å²) in [7, 11) is 1.41. The first-order valence-electron chi connectivity index (χ1n) is 9.79. The van der Waals surface area contributed by atoms with Gasteiger partial charge in [-0.2, -0.15) is 0 Å². The summed E-state index contributed by atoms with van der Waals surface area (Å²) < 4.78 is 33.7. The lowest BCUT2D eigenvalue weighted by atomic mass is 9.94. The van der Waals surface area contributed by atoms with Crippen molar-refractivity contribution in [2.24, 2.45) is 0 Å². The standard InChI is InChI=1S/C25H19F2NO4/c1-14-7-12-20(32-2)18(13-14)23(29)21-22(17-5-3-4-6-19(17)27)28(25(31)24(21)30)16-10-8-15(26)9-11-16/h3-13,22,29H,1-2H3/b23-21+. The number of carbonyl (C=O) groups excluding carboxylic acids is 2. The molecule has 3 aromatic rings. The molecule has 32 heavy (non-hydrogen) atoms. The fourth-order valence-corrected chi connectivity index (χ4v) is 3.84. The van der Waals surface area contributed by atoms with Crippen molar-refractivity contribution in [2.75, 3.05) is 12.0 Å². The molecule has 3 aromatic carbocycles. The Morgan fingerprint density at radius 1 is 1.00 bits per heavy atom. The van der Waals surface area contributed by atoms with E-state index in [0.717, 1.165) is 22.6 Å². The third kappa shape index (κ3) is 3.51. The summed E-state index contributed by atoms with van der Waals surface area (Å²) in [6, 6.07) is 14.3. The molecule has 1 heterocycles. The van der Waals surface area contributed by atoms with Crippen molar-refractivity contribution in [3.63, 3.8) is 0 Å². The van der Waals surface area contributed by atoms with Crippen LogP contribution < -0.4 is 9.64 Å². The SMILES string of the molecule is COc1ccc(C)cc1/C(O)=C1\C(=O)C(=O)N(c2ccc(F)cc2)C1c1ccccc1F. The number of anilines is 1. The number of carbonyl (C=O) groups is 2. The highest BCUT2D eigenvalue weighted by atomic mass is 19.1. The molecule has 0 aromatic heterocycles. The minimum absolute atomic E-state index is 0.0178. The van der Waals surface area contributed by atoms with Crippen molar-refractivity contribution in [2.45, 2.75) is 13.0 Å². The summed E-state index contributed by atoms with van der Waals surface area (Å²) in [4.78, 5) is 27.2. The van der Waals surface area contributed by atoms with Gasteiger partial charge in [-0.3, -0.25) is 14.5 Å². The predicted octanol–water partition coefficient (Wildman–Crippen LogP) is 4.91. The van der Waals surface area contributed by atoms with E-state index in [2.05, 4.69) is 0 Å². The largest absolute Gasteiger partial charge is 0.507 e. The van der Waals surface area contributed by atoms with Gasteiger partial charge in [-0.1, -0.05) is 29.8 Å². The zero-order chi connectivity index (χ0) is 23.0. The lowest BCUT2D eigenvalue weighted by molar-refractivity contribution is -0.132. The molecule has 0 bridgehead atoms. The topological polar surface area (TPSA) is 66.8 Å². The lowest BCUT2D eigenvalue weighted by Gasteiger charge is -2.26. The maximum atomic E-state index is 14.9. The second-order valence-corrected chi connectivity index (χ2v) is 7.37. The van der Waals surface area contributed by atoms with E-state index in [9.17, 15) is 23.5 Å². The number of benzene rings is 3. The second kappa shape index (κ2) is 8.26. The van der Waals surface area contributed by atoms with E-state index in [4.69, 9.17) is 4.74 Å². The first kappa shape index (κ1) is 21.2. The molecule has 7 heteroatoms. The van der Waals surface area contributed by atoms with E-state index in [0.29, 0.717) is 0 Å². The van der Waals surface area contributed by atoms with Crippen LogP contribution in [0.1, 0.15) is 22.7 Å². The van der Waals surface area contributed by atoms with Crippen LogP contribution in [0.5, 0.6) is 5.75 Å². The van der Waals surface area contributed by atoms with Gasteiger partial charge in [0.15, 0.2) is 0 Å². The Balaban J connectivity index is 2.01. The van der Waals surface area contributed by atoms with Gasteiger partial charge >= 0.3 is 0 Å². The number of hydrogen-bond donors (Lipinski definition) is 1. The number of rotatable bonds is 4. The smallest absolute Gasteiger partial charge is 0.300 e. The Labute approximate surface area is 183 Å². The van der Waals surface area contributed by atoms with Crippen LogP contribution in [0.15, 0.2) is 72.3 Å². The number of amides is 1. The molecule has 1 N–H and O–H groups in total. The quantitative estimate of drug-likeness (QED) is 0.359. The maximum Gasteiger partial charge on any atom is 0.300 e. The van der Waals surface area contributed by atoms with Crippen LogP contribution >= 0.6 is 0 Å². The van der Waals surface area contributed by atoms with Gasteiger partial charge in [0.1, 0.15) is 23.1 Å². The Morgan fingerprint density at radius 2 is 1.69 bits per heavy atom. The Morgan fingerprint density at radius 3 is 2.34 bits per heavy atom. The maximum absolute atomic E-state index is 14.9. The van der Waals surface area contributed by atoms with Crippen LogP contribution in [0.25, 0.3) is 5.76 Å². The van der Waals surface area contributed by atoms with Crippen molar-refractivity contribution < 1.29 is 28.2 Å². The van der Waals surface area contributed by atoms with Crippen LogP contribution in [0.4, 0.5) is 14.5 Å². The molecule has 5 nitrogen and oxygen atoms in total. The van der Waals surface area contributed by atoms with Crippen LogP contribution in [0.2, 0.25) is 0 Å². The Hall–Kier alpha value is -4.00. The van der Waals surface area contributed by atoms with E-state index in [1.807, 2.05) is 0 Å². The van der Waals surface area contributed by atoms with Gasteiger partial charge in [0.25, 0.3) is 11.7 Å². The monoisotopic (exact) mass is 435 g/mol. The van der Waals surface area contributed by atoms with Crippen LogP contribution in [-0.2, 0) is 9.59 Å². The summed E-state index contributed by atoms with van der Waals surface area (Å²) in [6.45, 7) is 1.79. The van der Waals surface area contributed by atoms with Gasteiger partial charge in [0, 0.05) is 11.3 Å². The Kier molecular flexibility index (Phi) is 5.48. The third-order valence-electron chi connectivity index (χ3n) is 5.36. The summed E-state index contributed by atoms with van der Waals surface area (Å²) in [5.41, 5.74) is 0.906. The number of ether oxygens (including phenoxy) is 1. The molecule has 0 aliphatic carbocycles. The van der Waals surface area contributed by atoms with Gasteiger partial charge in [0.05, 0.1) is 24.3 Å². The van der Waals surface area contributed by atoms with Crippen LogP contribution in [0.3, 0.4) is 0 Å². The fourth-order valence-electron chi connectivity index (χ4n) is 3.84. The molecule has 1 aliphatic heterocycles. The van der Waals surface area contributed by atoms with Crippen molar-refractivity contribution in [3.05, 3.63) is 101 Å². The molecule has 1 saturated heterocycles. The molecular weight excluding hydrogens is 416 g/mol. The van der Waals surface area contributed by atoms with Gasteiger partial charge in [-0.05, 0) is 49.4 Å². The second-order valence-electron chi connectivity index (χ2n) is 7.37. The first-order valence-corrected chi connectivity index (χ1v) is 9.79. The highest BCUT2D eigenvalue weighted by Gasteiger charge is 2.48. The molecule has 1 unspecified atom stereocenters. The number of nitrogens with zero attached hydrogens (tertiary/aromatic N) is 1. The van der Waals surface area contributed by atoms with Gasteiger partial charge in [-0.15, -0.1) is 0 Å². The van der Waals surface area contributed by atoms with Crippen LogP contribution in [0, 0.1) is 18.6 Å². The Bertz CT molecular complexity index is 1250. The van der Waals surface area contributed by atoms with E-state index in [1.165, 1.54) is 37.4 Å². The van der Waals surface area contributed by atoms with Gasteiger partial charge in [-0.25, -0.2) is 8.78 Å². The van der Waals surface area contributed by atoms with Crippen molar-refractivity contribution in [3.8, 4) is 5.75 Å². The fraction of sp³-hybridized carbons (Fsp3) is 0.120. The number of Topliss-reactive ketones (excluding diaryl/α,β-unsaturated/α-hetero) is 1. The average Bonchev–Trinajstić information content (AvgIpc) is 3.04. The number of halogens is 2. The molecule has 1 atom stereocenters. The minimum Gasteiger partial charge on any atom is -0.507 e. The predicted molar refractivity (Wildman–Crippen MR) is 115 cm³/mol. The number of aliphatic hydroxyl groups excluding tert-OH is 1. The highest BCUT2D eigenvalue weighted by molar-refractivity contribution is 6.51. The molecule has 1 fully saturated rings. The molecule has 1 amide bonds. The number of aryl methyl sites for hydroxylation is 1. The summed E-state index contributed by atoms with van der Waals surface area (Å²) >= 11 is 0. The van der Waals surface area contributed by atoms with Crippen molar-refractivity contribution in [1.82, 2.24) is 0 Å². The van der Waals surface area contributed by atoms with E-state index in [-0.39, 0.29) is 28.1 Å². The first-order chi connectivity index (χ1) is 15.3. The number of hydrogen-bond acceptors (Lipinski definition) is 4. The third-order valence-corrected chi connectivity index (χ3v) is 5.36. The zero-order valence-electron chi connectivity index (χ0n) is 17.3. The van der Waals surface area contributed by atoms with Gasteiger partial charge in [0.2, 0.25) is 0 Å². The van der Waals surface area contributed by atoms with Gasteiger partial charge < -0.3 is 9.84 Å². The minimum atomic E-state index is -1.26. The van der Waals surface area contributed by atoms with E-state index in [1.54, 1.807) is 31.2 Å². The van der Waals surface area contributed by atoms with E-state index >= 15 is 0 Å². The highest BCUT2D eigenvalue weighted by Crippen LogP contribution is 2.44. The van der Waals surface area contributed by atoms with Crippen molar-refractivity contribution >= 4 is 23.1 Å². The molecule has 0 radical (unpaired) electrons.